The van der Waals surface area contributed by atoms with Crippen LogP contribution in [0.15, 0.2) is 0 Å². The van der Waals surface area contributed by atoms with Crippen LogP contribution >= 0.6 is 0 Å². The third-order valence-electron chi connectivity index (χ3n) is 4.57. The fraction of sp³-hybridized carbons (Fsp3) is 0.917. The molecule has 0 aromatic rings. The van der Waals surface area contributed by atoms with Crippen LogP contribution in [-0.2, 0) is 4.79 Å². The predicted octanol–water partition coefficient (Wildman–Crippen LogP) is 1.73. The summed E-state index contributed by atoms with van der Waals surface area (Å²) in [6, 6.07) is 0. The fourth-order valence-corrected chi connectivity index (χ4v) is 3.37. The van der Waals surface area contributed by atoms with E-state index in [4.69, 9.17) is 5.11 Å². The quantitative estimate of drug-likeness (QED) is 0.766. The average molecular weight is 209 g/mol. The molecule has 2 aliphatic carbocycles. The molecule has 0 bridgehead atoms. The van der Waals surface area contributed by atoms with E-state index in [-0.39, 0.29) is 5.41 Å². The van der Waals surface area contributed by atoms with Crippen LogP contribution in [0.5, 0.6) is 0 Å². The molecule has 0 aromatic heterocycles. The summed E-state index contributed by atoms with van der Waals surface area (Å²) >= 11 is 0. The lowest BCUT2D eigenvalue weighted by Crippen LogP contribution is -2.54. The molecular weight excluding hydrogens is 190 g/mol. The van der Waals surface area contributed by atoms with Gasteiger partial charge in [0, 0.05) is 19.6 Å². The van der Waals surface area contributed by atoms with Gasteiger partial charge in [0.2, 0.25) is 0 Å². The molecule has 1 spiro atoms. The Hall–Kier alpha value is -0.570. The second-order valence-corrected chi connectivity index (χ2v) is 6.07. The van der Waals surface area contributed by atoms with Crippen molar-refractivity contribution in [1.29, 1.82) is 0 Å². The topological polar surface area (TPSA) is 40.5 Å². The Labute approximate surface area is 90.5 Å². The zero-order valence-corrected chi connectivity index (χ0v) is 9.17. The molecule has 84 valence electrons. The van der Waals surface area contributed by atoms with E-state index >= 15 is 0 Å². The molecule has 3 heteroatoms. The molecular formula is C12H19NO2. The summed E-state index contributed by atoms with van der Waals surface area (Å²) in [7, 11) is 0. The van der Waals surface area contributed by atoms with Gasteiger partial charge in [-0.25, -0.2) is 0 Å². The van der Waals surface area contributed by atoms with E-state index < -0.39 is 5.97 Å². The summed E-state index contributed by atoms with van der Waals surface area (Å²) < 4.78 is 0. The Balaban J connectivity index is 1.53. The van der Waals surface area contributed by atoms with Gasteiger partial charge in [0.25, 0.3) is 0 Å². The van der Waals surface area contributed by atoms with Crippen molar-refractivity contribution >= 4 is 5.97 Å². The number of nitrogens with zero attached hydrogens (tertiary/aromatic N) is 1. The highest BCUT2D eigenvalue weighted by atomic mass is 16.4. The van der Waals surface area contributed by atoms with Crippen LogP contribution in [0.4, 0.5) is 0 Å². The van der Waals surface area contributed by atoms with Gasteiger partial charge >= 0.3 is 5.97 Å². The lowest BCUT2D eigenvalue weighted by molar-refractivity contribution is -0.142. The molecule has 1 N–H and O–H groups in total. The standard InChI is InChI=1S/C12H19NO2/c14-10(15)6-11(2-1-3-11)7-13-8-12(9-13)4-5-12/h1-9H2,(H,14,15). The molecule has 0 atom stereocenters. The van der Waals surface area contributed by atoms with E-state index in [2.05, 4.69) is 4.90 Å². The smallest absolute Gasteiger partial charge is 0.303 e. The minimum atomic E-state index is -0.614. The Morgan fingerprint density at radius 1 is 1.20 bits per heavy atom. The molecule has 0 unspecified atom stereocenters. The van der Waals surface area contributed by atoms with Crippen molar-refractivity contribution in [2.75, 3.05) is 19.6 Å². The lowest BCUT2D eigenvalue weighted by Gasteiger charge is -2.49. The Kier molecular flexibility index (Phi) is 1.91. The molecule has 1 saturated heterocycles. The Morgan fingerprint density at radius 3 is 2.27 bits per heavy atom. The first-order valence-corrected chi connectivity index (χ1v) is 6.06. The number of aliphatic carboxylic acids is 1. The molecule has 3 nitrogen and oxygen atoms in total. The van der Waals surface area contributed by atoms with Crippen LogP contribution < -0.4 is 0 Å². The molecule has 1 heterocycles. The zero-order chi connectivity index (χ0) is 10.5. The molecule has 0 radical (unpaired) electrons. The van der Waals surface area contributed by atoms with Crippen molar-refractivity contribution in [3.63, 3.8) is 0 Å². The van der Waals surface area contributed by atoms with Gasteiger partial charge in [0.1, 0.15) is 0 Å². The van der Waals surface area contributed by atoms with Gasteiger partial charge in [-0.1, -0.05) is 6.42 Å². The van der Waals surface area contributed by atoms with Crippen molar-refractivity contribution in [1.82, 2.24) is 4.90 Å². The Bertz CT molecular complexity index is 284. The monoisotopic (exact) mass is 209 g/mol. The molecule has 3 aliphatic rings. The fourth-order valence-electron chi connectivity index (χ4n) is 3.37. The number of hydrogen-bond acceptors (Lipinski definition) is 2. The predicted molar refractivity (Wildman–Crippen MR) is 56.6 cm³/mol. The maximum Gasteiger partial charge on any atom is 0.303 e. The molecule has 3 fully saturated rings. The van der Waals surface area contributed by atoms with Crippen LogP contribution in [0.2, 0.25) is 0 Å². The highest BCUT2D eigenvalue weighted by molar-refractivity contribution is 5.68. The average Bonchev–Trinajstić information content (AvgIpc) is 2.78. The zero-order valence-electron chi connectivity index (χ0n) is 9.17. The first-order valence-electron chi connectivity index (χ1n) is 6.06. The molecule has 1 aliphatic heterocycles. The van der Waals surface area contributed by atoms with Crippen molar-refractivity contribution in [2.45, 2.75) is 38.5 Å². The Morgan fingerprint density at radius 2 is 1.87 bits per heavy atom. The first kappa shape index (κ1) is 9.64. The van der Waals surface area contributed by atoms with Crippen LogP contribution in [0.1, 0.15) is 38.5 Å². The summed E-state index contributed by atoms with van der Waals surface area (Å²) in [5.74, 6) is -0.614. The van der Waals surface area contributed by atoms with Gasteiger partial charge < -0.3 is 10.0 Å². The van der Waals surface area contributed by atoms with Crippen molar-refractivity contribution in [3.05, 3.63) is 0 Å². The maximum atomic E-state index is 10.8. The van der Waals surface area contributed by atoms with Crippen molar-refractivity contribution < 1.29 is 9.90 Å². The van der Waals surface area contributed by atoms with Gasteiger partial charge in [-0.2, -0.15) is 0 Å². The normalized spacial score (nSPS) is 30.7. The van der Waals surface area contributed by atoms with Gasteiger partial charge in [-0.05, 0) is 36.5 Å². The van der Waals surface area contributed by atoms with Crippen LogP contribution in [0.3, 0.4) is 0 Å². The number of rotatable bonds is 4. The number of carboxylic acid groups (broad SMARTS) is 1. The maximum absolute atomic E-state index is 10.8. The largest absolute Gasteiger partial charge is 0.481 e. The highest BCUT2D eigenvalue weighted by Gasteiger charge is 2.54. The van der Waals surface area contributed by atoms with Crippen molar-refractivity contribution in [3.8, 4) is 0 Å². The SMILES string of the molecule is O=C(O)CC1(CN2CC3(CC3)C2)CCC1. The minimum Gasteiger partial charge on any atom is -0.481 e. The van der Waals surface area contributed by atoms with Gasteiger partial charge in [-0.15, -0.1) is 0 Å². The van der Waals surface area contributed by atoms with Crippen LogP contribution in [0, 0.1) is 10.8 Å². The van der Waals surface area contributed by atoms with Gasteiger partial charge in [-0.3, -0.25) is 4.79 Å². The summed E-state index contributed by atoms with van der Waals surface area (Å²) in [6.07, 6.45) is 6.69. The number of carboxylic acids is 1. The molecule has 2 saturated carbocycles. The third kappa shape index (κ3) is 1.67. The molecule has 0 aromatic carbocycles. The van der Waals surface area contributed by atoms with Gasteiger partial charge in [0.05, 0.1) is 6.42 Å². The number of carbonyl (C=O) groups is 1. The van der Waals surface area contributed by atoms with Crippen molar-refractivity contribution in [2.24, 2.45) is 10.8 Å². The molecule has 15 heavy (non-hydrogen) atoms. The summed E-state index contributed by atoms with van der Waals surface area (Å²) in [5, 5.41) is 8.91. The number of likely N-dealkylation sites (tertiary alicyclic amines) is 1. The van der Waals surface area contributed by atoms with E-state index in [9.17, 15) is 4.79 Å². The highest BCUT2D eigenvalue weighted by Crippen LogP contribution is 2.55. The lowest BCUT2D eigenvalue weighted by atomic mass is 9.65. The second-order valence-electron chi connectivity index (χ2n) is 6.07. The minimum absolute atomic E-state index is 0.141. The van der Waals surface area contributed by atoms with E-state index in [1.54, 1.807) is 0 Å². The third-order valence-corrected chi connectivity index (χ3v) is 4.57. The number of hydrogen-bond donors (Lipinski definition) is 1. The van der Waals surface area contributed by atoms with Crippen LogP contribution in [0.25, 0.3) is 0 Å². The van der Waals surface area contributed by atoms with Gasteiger partial charge in [0.15, 0.2) is 0 Å². The van der Waals surface area contributed by atoms with E-state index in [1.807, 2.05) is 0 Å². The second kappa shape index (κ2) is 2.97. The molecule has 3 rings (SSSR count). The summed E-state index contributed by atoms with van der Waals surface area (Å²) in [5.41, 5.74) is 0.844. The van der Waals surface area contributed by atoms with Crippen LogP contribution in [-0.4, -0.2) is 35.6 Å². The van der Waals surface area contributed by atoms with E-state index in [0.717, 1.165) is 19.4 Å². The summed E-state index contributed by atoms with van der Waals surface area (Å²) in [4.78, 5) is 13.3. The van der Waals surface area contributed by atoms with E-state index in [0.29, 0.717) is 11.8 Å². The molecule has 0 amide bonds. The summed E-state index contributed by atoms with van der Waals surface area (Å²) in [6.45, 7) is 3.53. The van der Waals surface area contributed by atoms with E-state index in [1.165, 1.54) is 32.4 Å². The first-order chi connectivity index (χ1) is 7.12.